The monoisotopic (exact) mass is 447 g/mol. The van der Waals surface area contributed by atoms with Gasteiger partial charge in [0.1, 0.15) is 5.76 Å². The third-order valence-electron chi connectivity index (χ3n) is 4.97. The van der Waals surface area contributed by atoms with Gasteiger partial charge in [-0.1, -0.05) is 37.3 Å². The molecule has 2 aromatic carbocycles. The third kappa shape index (κ3) is 4.60. The number of rotatable bonds is 7. The summed E-state index contributed by atoms with van der Waals surface area (Å²) in [6.45, 7) is 4.48. The van der Waals surface area contributed by atoms with Gasteiger partial charge in [0, 0.05) is 18.2 Å². The van der Waals surface area contributed by atoms with Crippen LogP contribution in [0.3, 0.4) is 0 Å². The Balaban J connectivity index is 1.66. The zero-order valence-corrected chi connectivity index (χ0v) is 18.4. The average Bonchev–Trinajstić information content (AvgIpc) is 3.45. The number of hydrogen-bond donors (Lipinski definition) is 0. The Bertz CT molecular complexity index is 1270. The lowest BCUT2D eigenvalue weighted by molar-refractivity contribution is -0.384. The molecule has 0 fully saturated rings. The molecule has 0 saturated carbocycles. The number of aromatic nitrogens is 1. The van der Waals surface area contributed by atoms with Crippen LogP contribution in [0.25, 0.3) is 16.3 Å². The molecule has 0 spiro atoms. The van der Waals surface area contributed by atoms with Gasteiger partial charge in [0.2, 0.25) is 0 Å². The molecule has 0 N–H and O–H groups in total. The van der Waals surface area contributed by atoms with E-state index < -0.39 is 4.92 Å². The number of furan rings is 1. The summed E-state index contributed by atoms with van der Waals surface area (Å²) >= 11 is 1.46. The maximum atomic E-state index is 13.2. The van der Waals surface area contributed by atoms with Crippen LogP contribution in [-0.2, 0) is 11.3 Å². The number of thiazole rings is 1. The van der Waals surface area contributed by atoms with E-state index in [1.807, 2.05) is 18.2 Å². The molecule has 0 atom stereocenters. The van der Waals surface area contributed by atoms with Crippen LogP contribution in [-0.4, -0.2) is 15.8 Å². The van der Waals surface area contributed by atoms with Crippen LogP contribution in [0.4, 0.5) is 10.8 Å². The summed E-state index contributed by atoms with van der Waals surface area (Å²) in [6, 6.07) is 15.7. The Morgan fingerprint density at radius 3 is 2.62 bits per heavy atom. The van der Waals surface area contributed by atoms with Gasteiger partial charge >= 0.3 is 0 Å². The molecule has 0 unspecified atom stereocenters. The number of non-ortho nitro benzene ring substituents is 1. The molecule has 0 aliphatic heterocycles. The quantitative estimate of drug-likeness (QED) is 0.192. The van der Waals surface area contributed by atoms with Crippen LogP contribution in [0.15, 0.2) is 71.4 Å². The van der Waals surface area contributed by atoms with Crippen LogP contribution in [0.1, 0.15) is 36.7 Å². The lowest BCUT2D eigenvalue weighted by Crippen LogP contribution is -2.28. The number of amides is 1. The second kappa shape index (κ2) is 9.15. The topological polar surface area (TPSA) is 89.5 Å². The van der Waals surface area contributed by atoms with Gasteiger partial charge in [0.05, 0.1) is 27.9 Å². The highest BCUT2D eigenvalue weighted by atomic mass is 32.1. The van der Waals surface area contributed by atoms with Crippen LogP contribution in [0.2, 0.25) is 0 Å². The first-order valence-corrected chi connectivity index (χ1v) is 10.9. The number of para-hydroxylation sites is 1. The predicted molar refractivity (Wildman–Crippen MR) is 126 cm³/mol. The fourth-order valence-electron chi connectivity index (χ4n) is 3.30. The van der Waals surface area contributed by atoms with E-state index in [1.165, 1.54) is 29.5 Å². The highest BCUT2D eigenvalue weighted by molar-refractivity contribution is 7.22. The molecule has 4 rings (SSSR count). The summed E-state index contributed by atoms with van der Waals surface area (Å²) < 4.78 is 6.48. The van der Waals surface area contributed by atoms with Crippen molar-refractivity contribution < 1.29 is 14.1 Å². The number of carbonyl (C=O) groups excluding carboxylic acids is 1. The predicted octanol–water partition coefficient (Wildman–Crippen LogP) is 6.17. The van der Waals surface area contributed by atoms with Gasteiger partial charge < -0.3 is 4.42 Å². The van der Waals surface area contributed by atoms with Gasteiger partial charge in [-0.25, -0.2) is 4.98 Å². The fraction of sp³-hybridized carbons (Fsp3) is 0.167. The van der Waals surface area contributed by atoms with Crippen molar-refractivity contribution in [3.05, 3.63) is 93.9 Å². The molecule has 0 aliphatic carbocycles. The van der Waals surface area contributed by atoms with Gasteiger partial charge in [0.15, 0.2) is 5.13 Å². The zero-order valence-electron chi connectivity index (χ0n) is 17.6. The van der Waals surface area contributed by atoms with Crippen molar-refractivity contribution in [2.75, 3.05) is 4.90 Å². The molecule has 4 aromatic rings. The SMILES string of the molecule is CC(C)c1cccc2sc(N(Cc3ccco3)C(=O)/C=C/c3ccc([N+](=O)[O-])cc3)nc12. The molecular formula is C24H21N3O4S. The van der Waals surface area contributed by atoms with Crippen molar-refractivity contribution in [1.29, 1.82) is 0 Å². The summed E-state index contributed by atoms with van der Waals surface area (Å²) in [6.07, 6.45) is 4.65. The van der Waals surface area contributed by atoms with Crippen molar-refractivity contribution in [3.63, 3.8) is 0 Å². The molecule has 0 radical (unpaired) electrons. The zero-order chi connectivity index (χ0) is 22.7. The van der Waals surface area contributed by atoms with Crippen LogP contribution >= 0.6 is 11.3 Å². The number of fused-ring (bicyclic) bond motifs is 1. The van der Waals surface area contributed by atoms with E-state index in [2.05, 4.69) is 19.9 Å². The van der Waals surface area contributed by atoms with Crippen molar-refractivity contribution >= 4 is 44.4 Å². The summed E-state index contributed by atoms with van der Waals surface area (Å²) in [4.78, 5) is 29.9. The normalized spacial score (nSPS) is 11.5. The van der Waals surface area contributed by atoms with Crippen molar-refractivity contribution in [3.8, 4) is 0 Å². The molecule has 162 valence electrons. The number of nitro groups is 1. The standard InChI is InChI=1S/C24H21N3O4S/c1-16(2)20-6-3-7-21-23(20)25-24(32-21)26(15-19-5-4-14-31-19)22(28)13-10-17-8-11-18(12-9-17)27(29)30/h3-14,16H,15H2,1-2H3/b13-10+. The lowest BCUT2D eigenvalue weighted by atomic mass is 10.0. The molecule has 0 aliphatic rings. The Morgan fingerprint density at radius 2 is 1.97 bits per heavy atom. The van der Waals surface area contributed by atoms with E-state index in [0.29, 0.717) is 22.4 Å². The van der Waals surface area contributed by atoms with Gasteiger partial charge in [-0.3, -0.25) is 19.8 Å². The molecule has 32 heavy (non-hydrogen) atoms. The maximum Gasteiger partial charge on any atom is 0.269 e. The number of nitrogens with zero attached hydrogens (tertiary/aromatic N) is 3. The number of anilines is 1. The van der Waals surface area contributed by atoms with Gasteiger partial charge in [-0.2, -0.15) is 0 Å². The molecule has 0 saturated heterocycles. The third-order valence-corrected chi connectivity index (χ3v) is 6.02. The first kappa shape index (κ1) is 21.5. The number of nitro benzene ring substituents is 1. The fourth-order valence-corrected chi connectivity index (χ4v) is 4.31. The Morgan fingerprint density at radius 1 is 1.19 bits per heavy atom. The van der Waals surface area contributed by atoms with Gasteiger partial charge in [-0.05, 0) is 53.5 Å². The second-order valence-corrected chi connectivity index (χ2v) is 8.54. The van der Waals surface area contributed by atoms with Gasteiger partial charge in [-0.15, -0.1) is 0 Å². The van der Waals surface area contributed by atoms with Crippen molar-refractivity contribution in [1.82, 2.24) is 4.98 Å². The first-order valence-electron chi connectivity index (χ1n) is 10.1. The Hall–Kier alpha value is -3.78. The molecule has 1 amide bonds. The number of benzene rings is 2. The molecule has 8 heteroatoms. The van der Waals surface area contributed by atoms with Gasteiger partial charge in [0.25, 0.3) is 11.6 Å². The highest BCUT2D eigenvalue weighted by Crippen LogP contribution is 2.34. The molecule has 7 nitrogen and oxygen atoms in total. The molecule has 2 aromatic heterocycles. The minimum Gasteiger partial charge on any atom is -0.467 e. The Labute approximate surface area is 188 Å². The highest BCUT2D eigenvalue weighted by Gasteiger charge is 2.21. The van der Waals surface area contributed by atoms with E-state index >= 15 is 0 Å². The minimum atomic E-state index is -0.456. The van der Waals surface area contributed by atoms with E-state index in [-0.39, 0.29) is 18.1 Å². The number of carbonyl (C=O) groups is 1. The second-order valence-electron chi connectivity index (χ2n) is 7.53. The van der Waals surface area contributed by atoms with Crippen LogP contribution in [0, 0.1) is 10.1 Å². The lowest BCUT2D eigenvalue weighted by Gasteiger charge is -2.16. The van der Waals surface area contributed by atoms with Crippen molar-refractivity contribution in [2.45, 2.75) is 26.3 Å². The molecule has 2 heterocycles. The summed E-state index contributed by atoms with van der Waals surface area (Å²) in [5.41, 5.74) is 2.73. The smallest absolute Gasteiger partial charge is 0.269 e. The van der Waals surface area contributed by atoms with Crippen molar-refractivity contribution in [2.24, 2.45) is 0 Å². The largest absolute Gasteiger partial charge is 0.467 e. The summed E-state index contributed by atoms with van der Waals surface area (Å²) in [5, 5.41) is 11.4. The molecular weight excluding hydrogens is 426 g/mol. The minimum absolute atomic E-state index is 0.00311. The average molecular weight is 448 g/mol. The number of hydrogen-bond acceptors (Lipinski definition) is 6. The van der Waals surface area contributed by atoms with E-state index in [4.69, 9.17) is 9.40 Å². The van der Waals surface area contributed by atoms with Crippen LogP contribution < -0.4 is 4.90 Å². The van der Waals surface area contributed by atoms with E-state index in [1.54, 1.807) is 35.4 Å². The molecule has 0 bridgehead atoms. The summed E-state index contributed by atoms with van der Waals surface area (Å²) in [5.74, 6) is 0.695. The van der Waals surface area contributed by atoms with Crippen LogP contribution in [0.5, 0.6) is 0 Å². The first-order chi connectivity index (χ1) is 15.4. The van der Waals surface area contributed by atoms with E-state index in [9.17, 15) is 14.9 Å². The Kier molecular flexibility index (Phi) is 6.13. The van der Waals surface area contributed by atoms with E-state index in [0.717, 1.165) is 15.8 Å². The maximum absolute atomic E-state index is 13.2. The summed E-state index contributed by atoms with van der Waals surface area (Å²) in [7, 11) is 0.